The number of likely N-dealkylation sites (N-methyl/N-ethyl adjacent to an activating group) is 1. The Balaban J connectivity index is 1.70. The second-order valence-electron chi connectivity index (χ2n) is 5.74. The van der Waals surface area contributed by atoms with E-state index in [0.29, 0.717) is 0 Å². The first-order chi connectivity index (χ1) is 7.75. The van der Waals surface area contributed by atoms with E-state index in [-0.39, 0.29) is 0 Å². The minimum Gasteiger partial charge on any atom is -0.317 e. The van der Waals surface area contributed by atoms with E-state index in [4.69, 9.17) is 0 Å². The normalized spacial score (nSPS) is 29.1. The van der Waals surface area contributed by atoms with Gasteiger partial charge < -0.3 is 15.1 Å². The van der Waals surface area contributed by atoms with E-state index in [1.54, 1.807) is 0 Å². The molecule has 1 unspecified atom stereocenters. The third kappa shape index (κ3) is 3.44. The first kappa shape index (κ1) is 12.3. The van der Waals surface area contributed by atoms with Crippen LogP contribution in [0, 0.1) is 11.8 Å². The van der Waals surface area contributed by atoms with E-state index >= 15 is 0 Å². The van der Waals surface area contributed by atoms with Crippen LogP contribution in [0.3, 0.4) is 0 Å². The molecule has 0 aromatic rings. The van der Waals surface area contributed by atoms with Crippen LogP contribution in [0.5, 0.6) is 0 Å². The average molecular weight is 225 g/mol. The van der Waals surface area contributed by atoms with Crippen molar-refractivity contribution in [2.24, 2.45) is 11.8 Å². The van der Waals surface area contributed by atoms with E-state index < -0.39 is 0 Å². The lowest BCUT2D eigenvalue weighted by Gasteiger charge is -2.28. The minimum atomic E-state index is 0.990. The van der Waals surface area contributed by atoms with Crippen molar-refractivity contribution >= 4 is 0 Å². The highest BCUT2D eigenvalue weighted by molar-refractivity contribution is 4.83. The number of likely N-dealkylation sites (tertiary alicyclic amines) is 1. The molecule has 3 heteroatoms. The summed E-state index contributed by atoms with van der Waals surface area (Å²) in [4.78, 5) is 4.95. The molecule has 0 saturated carbocycles. The number of hydrogen-bond acceptors (Lipinski definition) is 3. The summed E-state index contributed by atoms with van der Waals surface area (Å²) in [6.45, 7) is 7.66. The molecule has 3 nitrogen and oxygen atoms in total. The van der Waals surface area contributed by atoms with Crippen LogP contribution in [-0.4, -0.2) is 63.2 Å². The summed E-state index contributed by atoms with van der Waals surface area (Å²) in [5.74, 6) is 2.00. The number of hydrogen-bond donors (Lipinski definition) is 1. The highest BCUT2D eigenvalue weighted by atomic mass is 15.2. The molecule has 2 rings (SSSR count). The molecule has 0 aromatic heterocycles. The third-order valence-electron chi connectivity index (χ3n) is 4.22. The molecule has 0 radical (unpaired) electrons. The van der Waals surface area contributed by atoms with Crippen molar-refractivity contribution in [2.45, 2.75) is 19.3 Å². The molecule has 94 valence electrons. The molecule has 1 atom stereocenters. The Morgan fingerprint density at radius 1 is 1.12 bits per heavy atom. The molecule has 2 saturated heterocycles. The molecule has 0 aromatic carbocycles. The fourth-order valence-electron chi connectivity index (χ4n) is 3.11. The summed E-state index contributed by atoms with van der Waals surface area (Å²) in [7, 11) is 4.33. The molecule has 1 N–H and O–H groups in total. The fraction of sp³-hybridized carbons (Fsp3) is 1.00. The molecule has 0 aliphatic carbocycles. The van der Waals surface area contributed by atoms with Crippen molar-refractivity contribution in [2.75, 3.05) is 53.4 Å². The van der Waals surface area contributed by atoms with Crippen LogP contribution in [0.1, 0.15) is 19.3 Å². The average Bonchev–Trinajstić information content (AvgIpc) is 2.76. The van der Waals surface area contributed by atoms with Gasteiger partial charge in [-0.2, -0.15) is 0 Å². The molecular formula is C13H27N3. The van der Waals surface area contributed by atoms with Gasteiger partial charge in [-0.25, -0.2) is 0 Å². The van der Waals surface area contributed by atoms with Crippen molar-refractivity contribution in [3.05, 3.63) is 0 Å². The fourth-order valence-corrected chi connectivity index (χ4v) is 3.11. The summed E-state index contributed by atoms with van der Waals surface area (Å²) in [5.41, 5.74) is 0. The zero-order valence-corrected chi connectivity index (χ0v) is 10.9. The Kier molecular flexibility index (Phi) is 4.62. The van der Waals surface area contributed by atoms with Gasteiger partial charge >= 0.3 is 0 Å². The van der Waals surface area contributed by atoms with Crippen molar-refractivity contribution in [1.82, 2.24) is 15.1 Å². The summed E-state index contributed by atoms with van der Waals surface area (Å²) >= 11 is 0. The Morgan fingerprint density at radius 3 is 2.56 bits per heavy atom. The second-order valence-corrected chi connectivity index (χ2v) is 5.74. The van der Waals surface area contributed by atoms with Crippen LogP contribution in [0.2, 0.25) is 0 Å². The Labute approximate surface area is 100 Å². The van der Waals surface area contributed by atoms with Gasteiger partial charge in [0.1, 0.15) is 0 Å². The monoisotopic (exact) mass is 225 g/mol. The second kappa shape index (κ2) is 5.99. The van der Waals surface area contributed by atoms with Crippen molar-refractivity contribution < 1.29 is 0 Å². The number of nitrogens with zero attached hydrogens (tertiary/aromatic N) is 2. The van der Waals surface area contributed by atoms with E-state index in [1.165, 1.54) is 58.5 Å². The third-order valence-corrected chi connectivity index (χ3v) is 4.22. The van der Waals surface area contributed by atoms with Crippen LogP contribution < -0.4 is 5.32 Å². The molecular weight excluding hydrogens is 198 g/mol. The van der Waals surface area contributed by atoms with Gasteiger partial charge in [0.2, 0.25) is 0 Å². The molecule has 2 aliphatic heterocycles. The lowest BCUT2D eigenvalue weighted by Crippen LogP contribution is -2.34. The predicted molar refractivity (Wildman–Crippen MR) is 68.7 cm³/mol. The van der Waals surface area contributed by atoms with Crippen LogP contribution >= 0.6 is 0 Å². The highest BCUT2D eigenvalue weighted by Crippen LogP contribution is 2.29. The van der Waals surface area contributed by atoms with E-state index in [9.17, 15) is 0 Å². The first-order valence-corrected chi connectivity index (χ1v) is 6.83. The highest BCUT2D eigenvalue weighted by Gasteiger charge is 2.29. The van der Waals surface area contributed by atoms with Crippen molar-refractivity contribution in [3.63, 3.8) is 0 Å². The number of rotatable bonds is 4. The molecule has 16 heavy (non-hydrogen) atoms. The van der Waals surface area contributed by atoms with Crippen LogP contribution in [0.15, 0.2) is 0 Å². The molecule has 2 fully saturated rings. The van der Waals surface area contributed by atoms with Gasteiger partial charge in [-0.05, 0) is 64.8 Å². The molecule has 0 bridgehead atoms. The van der Waals surface area contributed by atoms with Crippen LogP contribution in [0.4, 0.5) is 0 Å². The minimum absolute atomic E-state index is 0.990. The van der Waals surface area contributed by atoms with E-state index in [2.05, 4.69) is 29.2 Å². The number of nitrogens with one attached hydrogen (secondary N) is 1. The maximum Gasteiger partial charge on any atom is 0.0109 e. The van der Waals surface area contributed by atoms with Gasteiger partial charge in [-0.15, -0.1) is 0 Å². The Morgan fingerprint density at radius 2 is 1.88 bits per heavy atom. The zero-order chi connectivity index (χ0) is 11.4. The quantitative estimate of drug-likeness (QED) is 0.766. The maximum absolute atomic E-state index is 3.47. The lowest BCUT2D eigenvalue weighted by atomic mass is 9.84. The smallest absolute Gasteiger partial charge is 0.0109 e. The van der Waals surface area contributed by atoms with Crippen molar-refractivity contribution in [1.29, 1.82) is 0 Å². The van der Waals surface area contributed by atoms with Crippen LogP contribution in [0.25, 0.3) is 0 Å². The molecule has 0 amide bonds. The molecule has 0 spiro atoms. The molecule has 2 heterocycles. The van der Waals surface area contributed by atoms with Crippen LogP contribution in [-0.2, 0) is 0 Å². The Hall–Kier alpha value is -0.120. The largest absolute Gasteiger partial charge is 0.317 e. The van der Waals surface area contributed by atoms with Gasteiger partial charge in [0.15, 0.2) is 0 Å². The molecule has 2 aliphatic rings. The van der Waals surface area contributed by atoms with Gasteiger partial charge in [0.25, 0.3) is 0 Å². The van der Waals surface area contributed by atoms with Gasteiger partial charge in [-0.3, -0.25) is 0 Å². The first-order valence-electron chi connectivity index (χ1n) is 6.83. The van der Waals surface area contributed by atoms with Gasteiger partial charge in [-0.1, -0.05) is 0 Å². The summed E-state index contributed by atoms with van der Waals surface area (Å²) < 4.78 is 0. The van der Waals surface area contributed by atoms with E-state index in [0.717, 1.165) is 11.8 Å². The lowest BCUT2D eigenvalue weighted by molar-refractivity contribution is 0.233. The maximum atomic E-state index is 3.47. The Bertz CT molecular complexity index is 199. The van der Waals surface area contributed by atoms with E-state index in [1.807, 2.05) is 0 Å². The van der Waals surface area contributed by atoms with Gasteiger partial charge in [0, 0.05) is 19.6 Å². The summed E-state index contributed by atoms with van der Waals surface area (Å²) in [5, 5.41) is 3.47. The number of piperidine rings is 1. The van der Waals surface area contributed by atoms with Gasteiger partial charge in [0.05, 0.1) is 0 Å². The van der Waals surface area contributed by atoms with Crippen molar-refractivity contribution in [3.8, 4) is 0 Å². The standard InChI is InChI=1S/C13H27N3/c1-15(2)9-10-16-8-5-13(11-16)12-3-6-14-7-4-12/h12-14H,3-11H2,1-2H3. The SMILES string of the molecule is CN(C)CCN1CCC(C2CCNCC2)C1. The summed E-state index contributed by atoms with van der Waals surface area (Å²) in [6.07, 6.45) is 4.26. The summed E-state index contributed by atoms with van der Waals surface area (Å²) in [6, 6.07) is 0. The predicted octanol–water partition coefficient (Wildman–Crippen LogP) is 0.869. The zero-order valence-electron chi connectivity index (χ0n) is 10.9. The topological polar surface area (TPSA) is 18.5 Å².